The Kier molecular flexibility index (Phi) is 9.61. The molecule has 0 radical (unpaired) electrons. The van der Waals surface area contributed by atoms with Crippen molar-refractivity contribution in [3.63, 3.8) is 0 Å². The molecule has 1 aliphatic heterocycles. The van der Waals surface area contributed by atoms with Crippen LogP contribution in [0.2, 0.25) is 0 Å². The predicted octanol–water partition coefficient (Wildman–Crippen LogP) is 3.08. The van der Waals surface area contributed by atoms with Crippen LogP contribution >= 0.6 is 0 Å². The quantitative estimate of drug-likeness (QED) is 0.144. The van der Waals surface area contributed by atoms with Crippen molar-refractivity contribution in [3.05, 3.63) is 95.7 Å². The summed E-state index contributed by atoms with van der Waals surface area (Å²) in [6.07, 6.45) is -2.98. The Labute approximate surface area is 272 Å². The summed E-state index contributed by atoms with van der Waals surface area (Å²) in [6, 6.07) is 20.1. The zero-order valence-electron chi connectivity index (χ0n) is 26.3. The fourth-order valence-corrected chi connectivity index (χ4v) is 6.99. The smallest absolute Gasteiger partial charge is 0.226 e. The second-order valence-corrected chi connectivity index (χ2v) is 13.7. The fraction of sp³-hybridized carbons (Fsp3) is 0.406. The second kappa shape index (κ2) is 13.8. The van der Waals surface area contributed by atoms with E-state index in [4.69, 9.17) is 9.26 Å². The first-order chi connectivity index (χ1) is 22.6. The van der Waals surface area contributed by atoms with E-state index < -0.39 is 34.6 Å². The van der Waals surface area contributed by atoms with Gasteiger partial charge in [0, 0.05) is 18.9 Å². The topological polar surface area (TPSA) is 190 Å². The number of aliphatic hydroxyl groups excluding tert-OH is 2. The van der Waals surface area contributed by atoms with Gasteiger partial charge < -0.3 is 24.8 Å². The second-order valence-electron chi connectivity index (χ2n) is 11.9. The molecule has 0 saturated carbocycles. The molecule has 6 rings (SSSR count). The number of nitrogens with zero attached hydrogens (tertiary/aromatic N) is 6. The number of benzene rings is 2. The monoisotopic (exact) mass is 662 g/mol. The van der Waals surface area contributed by atoms with Crippen molar-refractivity contribution in [1.29, 1.82) is 0 Å². The molecule has 1 saturated heterocycles. The molecule has 5 aromatic rings. The van der Waals surface area contributed by atoms with E-state index in [0.717, 1.165) is 11.1 Å². The minimum absolute atomic E-state index is 0.0450. The molecular weight excluding hydrogens is 624 g/mol. The lowest BCUT2D eigenvalue weighted by atomic mass is 9.91. The minimum atomic E-state index is -3.60. The molecule has 14 nitrogen and oxygen atoms in total. The van der Waals surface area contributed by atoms with E-state index in [0.29, 0.717) is 30.2 Å². The van der Waals surface area contributed by atoms with Crippen molar-refractivity contribution in [1.82, 2.24) is 34.4 Å². The lowest BCUT2D eigenvalue weighted by Gasteiger charge is -2.20. The number of hydrogen-bond donors (Lipinski definition) is 4. The Morgan fingerprint density at radius 3 is 2.26 bits per heavy atom. The van der Waals surface area contributed by atoms with Crippen LogP contribution in [0.1, 0.15) is 67.7 Å². The Bertz CT molecular complexity index is 1860. The lowest BCUT2D eigenvalue weighted by molar-refractivity contribution is -0.0388. The first kappa shape index (κ1) is 32.7. The van der Waals surface area contributed by atoms with Gasteiger partial charge in [0.25, 0.3) is 0 Å². The van der Waals surface area contributed by atoms with Gasteiger partial charge in [0.1, 0.15) is 18.0 Å². The molecule has 15 heteroatoms. The predicted molar refractivity (Wildman–Crippen MR) is 173 cm³/mol. The number of nitrogens with one attached hydrogen (secondary N) is 2. The number of aromatic nitrogens is 6. The Balaban J connectivity index is 1.35. The molecule has 1 aliphatic rings. The number of ether oxygens (including phenoxy) is 1. The molecule has 0 amide bonds. The molecule has 0 aliphatic carbocycles. The minimum Gasteiger partial charge on any atom is -0.387 e. The summed E-state index contributed by atoms with van der Waals surface area (Å²) in [4.78, 5) is 18.1. The molecule has 3 aromatic heterocycles. The molecule has 0 bridgehead atoms. The van der Waals surface area contributed by atoms with Gasteiger partial charge >= 0.3 is 0 Å². The largest absolute Gasteiger partial charge is 0.387 e. The van der Waals surface area contributed by atoms with Crippen LogP contribution in [0.5, 0.6) is 0 Å². The number of imidazole rings is 1. The highest BCUT2D eigenvalue weighted by molar-refractivity contribution is 7.89. The van der Waals surface area contributed by atoms with Gasteiger partial charge in [-0.1, -0.05) is 86.6 Å². The van der Waals surface area contributed by atoms with Gasteiger partial charge in [0.2, 0.25) is 21.7 Å². The molecule has 4 atom stereocenters. The third-order valence-electron chi connectivity index (χ3n) is 7.90. The lowest BCUT2D eigenvalue weighted by Crippen LogP contribution is -2.30. The van der Waals surface area contributed by atoms with Crippen molar-refractivity contribution in [2.24, 2.45) is 5.92 Å². The Morgan fingerprint density at radius 2 is 1.64 bits per heavy atom. The van der Waals surface area contributed by atoms with Crippen LogP contribution in [0.3, 0.4) is 0 Å². The van der Waals surface area contributed by atoms with E-state index in [-0.39, 0.29) is 41.4 Å². The first-order valence-corrected chi connectivity index (χ1v) is 17.2. The van der Waals surface area contributed by atoms with Crippen LogP contribution in [0.15, 0.2) is 71.5 Å². The van der Waals surface area contributed by atoms with Gasteiger partial charge in [-0.25, -0.2) is 28.1 Å². The highest BCUT2D eigenvalue weighted by Crippen LogP contribution is 2.39. The maximum atomic E-state index is 12.7. The van der Waals surface area contributed by atoms with Crippen molar-refractivity contribution in [2.75, 3.05) is 17.6 Å². The van der Waals surface area contributed by atoms with Gasteiger partial charge in [-0.2, -0.15) is 4.98 Å². The summed E-state index contributed by atoms with van der Waals surface area (Å²) in [5, 5.41) is 29.3. The molecule has 0 spiro atoms. The number of aryl methyl sites for hydroxylation is 1. The molecule has 4 unspecified atom stereocenters. The number of fused-ring (bicyclic) bond motifs is 1. The van der Waals surface area contributed by atoms with E-state index in [1.165, 1.54) is 10.9 Å². The summed E-state index contributed by atoms with van der Waals surface area (Å²) in [5.41, 5.74) is 2.84. The first-order valence-electron chi connectivity index (χ1n) is 15.5. The van der Waals surface area contributed by atoms with Crippen molar-refractivity contribution >= 4 is 27.0 Å². The standard InChI is InChI=1S/C32H38N8O6S/c1-4-24-38-30(39-46-24)28-26(41)27(42)32(45-28)40-18-34-25-29(36-23(37-31(25)40)16-35-47(43,44)17-19(2)3)33-15-22(20-11-7-5-8-12-20)21-13-9-6-10-14-21/h5-14,18-19,22,26-28,32,35,41-42H,4,15-17H2,1-3H3,(H,33,36,37). The van der Waals surface area contributed by atoms with Gasteiger partial charge in [-0.15, -0.1) is 0 Å². The van der Waals surface area contributed by atoms with Crippen LogP contribution in [0.25, 0.3) is 11.2 Å². The molecular formula is C32H38N8O6S. The van der Waals surface area contributed by atoms with Crippen LogP contribution in [0.4, 0.5) is 5.82 Å². The van der Waals surface area contributed by atoms with Crippen LogP contribution < -0.4 is 10.0 Å². The molecule has 4 N–H and O–H groups in total. The summed E-state index contributed by atoms with van der Waals surface area (Å²) in [6.45, 7) is 5.77. The van der Waals surface area contributed by atoms with Gasteiger partial charge in [-0.05, 0) is 17.0 Å². The zero-order chi connectivity index (χ0) is 33.1. The zero-order valence-corrected chi connectivity index (χ0v) is 27.1. The number of sulfonamides is 1. The SMILES string of the molecule is CCc1nc(C2OC(n3cnc4c(NCC(c5ccccc5)c5ccccc5)nc(CNS(=O)(=O)CC(C)C)nc43)C(O)C2O)no1. The van der Waals surface area contributed by atoms with Crippen LogP contribution in [0, 0.1) is 5.92 Å². The molecule has 1 fully saturated rings. The average molecular weight is 663 g/mol. The Morgan fingerprint density at radius 1 is 0.957 bits per heavy atom. The summed E-state index contributed by atoms with van der Waals surface area (Å²) in [5.74, 6) is 0.876. The van der Waals surface area contributed by atoms with E-state index in [1.807, 2.05) is 57.2 Å². The molecule has 248 valence electrons. The highest BCUT2D eigenvalue weighted by Gasteiger charge is 2.47. The Hall–Kier alpha value is -4.28. The molecule has 4 heterocycles. The normalized spacial score (nSPS) is 20.1. The number of rotatable bonds is 13. The van der Waals surface area contributed by atoms with E-state index in [9.17, 15) is 18.6 Å². The highest BCUT2D eigenvalue weighted by atomic mass is 32.2. The van der Waals surface area contributed by atoms with Gasteiger partial charge in [0.15, 0.2) is 29.3 Å². The molecule has 2 aromatic carbocycles. The third-order valence-corrected chi connectivity index (χ3v) is 9.59. The van der Waals surface area contributed by atoms with Crippen molar-refractivity contribution < 1.29 is 27.9 Å². The summed E-state index contributed by atoms with van der Waals surface area (Å²) < 4.78 is 40.7. The number of aliphatic hydroxyl groups is 2. The molecule has 47 heavy (non-hydrogen) atoms. The maximum absolute atomic E-state index is 12.7. The van der Waals surface area contributed by atoms with Crippen LogP contribution in [-0.4, -0.2) is 72.8 Å². The van der Waals surface area contributed by atoms with E-state index in [2.05, 4.69) is 59.4 Å². The van der Waals surface area contributed by atoms with Gasteiger partial charge in [0.05, 0.1) is 18.6 Å². The number of anilines is 1. The summed E-state index contributed by atoms with van der Waals surface area (Å²) >= 11 is 0. The van der Waals surface area contributed by atoms with Gasteiger partial charge in [-0.3, -0.25) is 4.57 Å². The van der Waals surface area contributed by atoms with Crippen molar-refractivity contribution in [2.45, 2.75) is 64.2 Å². The van der Waals surface area contributed by atoms with Crippen molar-refractivity contribution in [3.8, 4) is 0 Å². The third kappa shape index (κ3) is 7.18. The van der Waals surface area contributed by atoms with E-state index >= 15 is 0 Å². The average Bonchev–Trinajstić information content (AvgIpc) is 3.78. The summed E-state index contributed by atoms with van der Waals surface area (Å²) in [7, 11) is -3.60. The van der Waals surface area contributed by atoms with Crippen LogP contribution in [-0.2, 0) is 27.7 Å². The maximum Gasteiger partial charge on any atom is 0.226 e. The fourth-order valence-electron chi connectivity index (χ4n) is 5.65. The van der Waals surface area contributed by atoms with E-state index in [1.54, 1.807) is 0 Å². The number of hydrogen-bond acceptors (Lipinski definition) is 12.